The lowest BCUT2D eigenvalue weighted by atomic mass is 10.2. The third kappa shape index (κ3) is 3.61. The first-order valence-electron chi connectivity index (χ1n) is 5.02. The first kappa shape index (κ1) is 12.0. The summed E-state index contributed by atoms with van der Waals surface area (Å²) in [5.74, 6) is -0.530. The fraction of sp³-hybridized carbons (Fsp3) is 0.154. The highest BCUT2D eigenvalue weighted by Gasteiger charge is 2.06. The Morgan fingerprint density at radius 2 is 2.06 bits per heavy atom. The van der Waals surface area contributed by atoms with Gasteiger partial charge in [0, 0.05) is 0 Å². The van der Waals surface area contributed by atoms with Crippen LogP contribution in [0.15, 0.2) is 48.2 Å². The zero-order valence-electron chi connectivity index (χ0n) is 9.09. The third-order valence-corrected chi connectivity index (χ3v) is 1.91. The third-order valence-electron chi connectivity index (χ3n) is 1.91. The minimum atomic E-state index is -0.530. The van der Waals surface area contributed by atoms with Crippen LogP contribution in [0.4, 0.5) is 0 Å². The zero-order valence-corrected chi connectivity index (χ0v) is 9.09. The average Bonchev–Trinajstić information content (AvgIpc) is 2.31. The number of carbonyl (C=O) groups excluding carboxylic acids is 1. The SMILES string of the molecule is CCOC(=O)C(C=Cc1ccccc1)=CO. The topological polar surface area (TPSA) is 46.5 Å². The maximum Gasteiger partial charge on any atom is 0.341 e. The van der Waals surface area contributed by atoms with Crippen LogP contribution >= 0.6 is 0 Å². The predicted octanol–water partition coefficient (Wildman–Crippen LogP) is 2.70. The Morgan fingerprint density at radius 1 is 1.38 bits per heavy atom. The highest BCUT2D eigenvalue weighted by atomic mass is 16.5. The number of aliphatic hydroxyl groups excluding tert-OH is 1. The second kappa shape index (κ2) is 6.45. The molecule has 84 valence electrons. The average molecular weight is 218 g/mol. The van der Waals surface area contributed by atoms with Gasteiger partial charge in [-0.15, -0.1) is 0 Å². The van der Waals surface area contributed by atoms with Gasteiger partial charge in [-0.25, -0.2) is 4.79 Å². The molecular weight excluding hydrogens is 204 g/mol. The van der Waals surface area contributed by atoms with Crippen molar-refractivity contribution >= 4 is 12.0 Å². The molecule has 16 heavy (non-hydrogen) atoms. The standard InChI is InChI=1S/C13H14O3/c1-2-16-13(15)12(10-14)9-8-11-6-4-3-5-7-11/h3-10,14H,2H2,1H3. The summed E-state index contributed by atoms with van der Waals surface area (Å²) in [5.41, 5.74) is 1.08. The highest BCUT2D eigenvalue weighted by Crippen LogP contribution is 2.06. The molecular formula is C13H14O3. The Hall–Kier alpha value is -2.03. The van der Waals surface area contributed by atoms with Crippen LogP contribution in [-0.4, -0.2) is 17.7 Å². The van der Waals surface area contributed by atoms with Gasteiger partial charge in [0.15, 0.2) is 0 Å². The summed E-state index contributed by atoms with van der Waals surface area (Å²) < 4.78 is 4.76. The summed E-state index contributed by atoms with van der Waals surface area (Å²) in [5, 5.41) is 8.89. The molecule has 0 aliphatic rings. The van der Waals surface area contributed by atoms with Gasteiger partial charge in [0.2, 0.25) is 0 Å². The Morgan fingerprint density at radius 3 is 2.62 bits per heavy atom. The van der Waals surface area contributed by atoms with Crippen molar-refractivity contribution in [2.45, 2.75) is 6.92 Å². The van der Waals surface area contributed by atoms with Gasteiger partial charge in [0.25, 0.3) is 0 Å². The van der Waals surface area contributed by atoms with Crippen LogP contribution in [0, 0.1) is 0 Å². The highest BCUT2D eigenvalue weighted by molar-refractivity contribution is 5.92. The van der Waals surface area contributed by atoms with Gasteiger partial charge in [-0.1, -0.05) is 36.4 Å². The van der Waals surface area contributed by atoms with Gasteiger partial charge in [0.05, 0.1) is 18.4 Å². The Kier molecular flexibility index (Phi) is 4.86. The number of hydrogen-bond donors (Lipinski definition) is 1. The van der Waals surface area contributed by atoms with Gasteiger partial charge in [-0.3, -0.25) is 0 Å². The summed E-state index contributed by atoms with van der Waals surface area (Å²) in [6.45, 7) is 2.00. The molecule has 1 aromatic carbocycles. The van der Waals surface area contributed by atoms with Crippen LogP contribution in [0.5, 0.6) is 0 Å². The van der Waals surface area contributed by atoms with Crippen molar-refractivity contribution in [1.29, 1.82) is 0 Å². The first-order valence-corrected chi connectivity index (χ1v) is 5.02. The normalized spacial score (nSPS) is 11.7. The van der Waals surface area contributed by atoms with Gasteiger partial charge in [-0.05, 0) is 18.6 Å². The van der Waals surface area contributed by atoms with E-state index in [0.29, 0.717) is 0 Å². The molecule has 0 aliphatic heterocycles. The number of esters is 1. The Bertz CT molecular complexity index is 391. The molecule has 0 amide bonds. The Labute approximate surface area is 94.7 Å². The fourth-order valence-corrected chi connectivity index (χ4v) is 1.13. The summed E-state index contributed by atoms with van der Waals surface area (Å²) in [6.07, 6.45) is 4.00. The molecule has 0 radical (unpaired) electrons. The molecule has 0 unspecified atom stereocenters. The van der Waals surface area contributed by atoms with E-state index in [-0.39, 0.29) is 12.2 Å². The van der Waals surface area contributed by atoms with Crippen molar-refractivity contribution < 1.29 is 14.6 Å². The van der Waals surface area contributed by atoms with Crippen molar-refractivity contribution in [3.05, 3.63) is 53.8 Å². The lowest BCUT2D eigenvalue weighted by Gasteiger charge is -2.00. The van der Waals surface area contributed by atoms with Crippen LogP contribution in [0.3, 0.4) is 0 Å². The van der Waals surface area contributed by atoms with E-state index in [1.165, 1.54) is 6.08 Å². The van der Waals surface area contributed by atoms with Crippen molar-refractivity contribution in [3.63, 3.8) is 0 Å². The molecule has 0 saturated carbocycles. The number of carbonyl (C=O) groups is 1. The largest absolute Gasteiger partial charge is 0.515 e. The van der Waals surface area contributed by atoms with Crippen LogP contribution in [0.1, 0.15) is 12.5 Å². The molecule has 0 bridgehead atoms. The molecule has 0 heterocycles. The van der Waals surface area contributed by atoms with Gasteiger partial charge in [-0.2, -0.15) is 0 Å². The van der Waals surface area contributed by atoms with E-state index in [2.05, 4.69) is 0 Å². The number of rotatable bonds is 4. The molecule has 3 heteroatoms. The molecule has 1 rings (SSSR count). The Balaban J connectivity index is 2.72. The minimum Gasteiger partial charge on any atom is -0.515 e. The number of ether oxygens (including phenoxy) is 1. The molecule has 0 fully saturated rings. The van der Waals surface area contributed by atoms with E-state index in [0.717, 1.165) is 11.8 Å². The van der Waals surface area contributed by atoms with Crippen LogP contribution in [-0.2, 0) is 9.53 Å². The molecule has 1 N–H and O–H groups in total. The second-order valence-corrected chi connectivity index (χ2v) is 3.05. The maximum absolute atomic E-state index is 11.3. The van der Waals surface area contributed by atoms with E-state index < -0.39 is 5.97 Å². The fourth-order valence-electron chi connectivity index (χ4n) is 1.13. The van der Waals surface area contributed by atoms with E-state index >= 15 is 0 Å². The predicted molar refractivity (Wildman–Crippen MR) is 62.8 cm³/mol. The van der Waals surface area contributed by atoms with Crippen LogP contribution in [0.25, 0.3) is 6.08 Å². The number of hydrogen-bond acceptors (Lipinski definition) is 3. The minimum absolute atomic E-state index is 0.130. The monoisotopic (exact) mass is 218 g/mol. The summed E-state index contributed by atoms with van der Waals surface area (Å²) >= 11 is 0. The molecule has 0 atom stereocenters. The van der Waals surface area contributed by atoms with E-state index in [1.54, 1.807) is 13.0 Å². The zero-order chi connectivity index (χ0) is 11.8. The summed E-state index contributed by atoms with van der Waals surface area (Å²) in [7, 11) is 0. The lowest BCUT2D eigenvalue weighted by Crippen LogP contribution is -2.05. The van der Waals surface area contributed by atoms with Gasteiger partial charge < -0.3 is 9.84 Å². The number of benzene rings is 1. The van der Waals surface area contributed by atoms with Crippen LogP contribution < -0.4 is 0 Å². The lowest BCUT2D eigenvalue weighted by molar-refractivity contribution is -0.138. The number of aliphatic hydroxyl groups is 1. The van der Waals surface area contributed by atoms with E-state index in [1.807, 2.05) is 30.3 Å². The molecule has 0 spiro atoms. The molecule has 0 aromatic heterocycles. The maximum atomic E-state index is 11.3. The van der Waals surface area contributed by atoms with Crippen LogP contribution in [0.2, 0.25) is 0 Å². The molecule has 0 aliphatic carbocycles. The van der Waals surface area contributed by atoms with Crippen molar-refractivity contribution in [2.24, 2.45) is 0 Å². The van der Waals surface area contributed by atoms with E-state index in [4.69, 9.17) is 9.84 Å². The quantitative estimate of drug-likeness (QED) is 0.366. The van der Waals surface area contributed by atoms with Crippen molar-refractivity contribution in [1.82, 2.24) is 0 Å². The second-order valence-electron chi connectivity index (χ2n) is 3.05. The van der Waals surface area contributed by atoms with Gasteiger partial charge >= 0.3 is 5.97 Å². The molecule has 3 nitrogen and oxygen atoms in total. The van der Waals surface area contributed by atoms with Crippen molar-refractivity contribution in [3.8, 4) is 0 Å². The summed E-state index contributed by atoms with van der Waals surface area (Å²) in [4.78, 5) is 11.3. The summed E-state index contributed by atoms with van der Waals surface area (Å²) in [6, 6.07) is 9.50. The van der Waals surface area contributed by atoms with E-state index in [9.17, 15) is 4.79 Å². The smallest absolute Gasteiger partial charge is 0.341 e. The molecule has 1 aromatic rings. The molecule has 0 saturated heterocycles. The van der Waals surface area contributed by atoms with Gasteiger partial charge in [0.1, 0.15) is 0 Å². The first-order chi connectivity index (χ1) is 7.77. The van der Waals surface area contributed by atoms with Crippen molar-refractivity contribution in [2.75, 3.05) is 6.61 Å².